The average molecular weight is 481 g/mol. The molecule has 0 aliphatic carbocycles. The Bertz CT molecular complexity index is 775. The Morgan fingerprint density at radius 3 is 2.56 bits per heavy atom. The number of fused-ring (bicyclic) bond motifs is 1. The second kappa shape index (κ2) is 10.5. The smallest absolute Gasteiger partial charge is 0.245 e. The minimum atomic E-state index is -0.968. The zero-order valence-electron chi connectivity index (χ0n) is 20.5. The predicted molar refractivity (Wildman–Crippen MR) is 124 cm³/mol. The fourth-order valence-corrected chi connectivity index (χ4v) is 6.64. The highest BCUT2D eigenvalue weighted by Gasteiger charge is 2.78. The average Bonchev–Trinajstić information content (AvgIpc) is 3.45. The van der Waals surface area contributed by atoms with Crippen molar-refractivity contribution in [2.24, 2.45) is 11.8 Å². The van der Waals surface area contributed by atoms with Gasteiger partial charge in [0.05, 0.1) is 30.7 Å². The van der Waals surface area contributed by atoms with Crippen molar-refractivity contribution in [2.75, 3.05) is 59.6 Å². The molecule has 0 aromatic heterocycles. The van der Waals surface area contributed by atoms with Crippen LogP contribution in [-0.2, 0) is 23.9 Å². The van der Waals surface area contributed by atoms with Crippen LogP contribution in [0.5, 0.6) is 0 Å². The third-order valence-electron chi connectivity index (χ3n) is 8.35. The lowest BCUT2D eigenvalue weighted by Crippen LogP contribution is -2.56. The van der Waals surface area contributed by atoms with Crippen molar-refractivity contribution in [1.29, 1.82) is 0 Å². The van der Waals surface area contributed by atoms with E-state index in [1.807, 2.05) is 6.92 Å². The van der Waals surface area contributed by atoms with Crippen LogP contribution >= 0.6 is 0 Å². The fourth-order valence-electron chi connectivity index (χ4n) is 6.64. The van der Waals surface area contributed by atoms with Crippen molar-refractivity contribution in [3.63, 3.8) is 0 Å². The Kier molecular flexibility index (Phi) is 7.81. The number of unbranched alkanes of at least 4 members (excludes halogenated alkanes) is 2. The zero-order valence-corrected chi connectivity index (χ0v) is 20.5. The van der Waals surface area contributed by atoms with Gasteiger partial charge in [0.1, 0.15) is 11.6 Å². The Hall–Kier alpha value is -1.75. The van der Waals surface area contributed by atoms with Crippen LogP contribution in [0, 0.1) is 11.8 Å². The molecule has 3 N–H and O–H groups in total. The van der Waals surface area contributed by atoms with E-state index >= 15 is 0 Å². The summed E-state index contributed by atoms with van der Waals surface area (Å²) in [5.74, 6) is -1.77. The van der Waals surface area contributed by atoms with Gasteiger partial charge >= 0.3 is 0 Å². The molecule has 4 rings (SSSR count). The van der Waals surface area contributed by atoms with Gasteiger partial charge in [-0.2, -0.15) is 0 Å². The van der Waals surface area contributed by atoms with Crippen LogP contribution in [-0.4, -0.2) is 109 Å². The molecule has 3 amide bonds. The van der Waals surface area contributed by atoms with Gasteiger partial charge in [-0.25, -0.2) is 0 Å². The van der Waals surface area contributed by atoms with Crippen molar-refractivity contribution in [2.45, 2.75) is 62.7 Å². The lowest BCUT2D eigenvalue weighted by molar-refractivity contribution is -0.147. The number of hydrogen-bond acceptors (Lipinski definition) is 7. The van der Waals surface area contributed by atoms with Gasteiger partial charge in [-0.1, -0.05) is 6.92 Å². The van der Waals surface area contributed by atoms with E-state index in [4.69, 9.17) is 14.6 Å². The molecule has 34 heavy (non-hydrogen) atoms. The molecule has 0 aromatic carbocycles. The number of nitrogens with one attached hydrogen (secondary N) is 2. The number of aliphatic hydroxyl groups is 1. The summed E-state index contributed by atoms with van der Waals surface area (Å²) in [6.07, 6.45) is 4.00. The molecule has 0 aromatic rings. The monoisotopic (exact) mass is 480 g/mol. The Balaban J connectivity index is 1.55. The van der Waals surface area contributed by atoms with Crippen molar-refractivity contribution < 1.29 is 29.0 Å². The Morgan fingerprint density at radius 2 is 1.88 bits per heavy atom. The number of carbonyl (C=O) groups excluding carboxylic acids is 3. The molecular weight excluding hydrogens is 440 g/mol. The van der Waals surface area contributed by atoms with Crippen LogP contribution in [0.15, 0.2) is 0 Å². The number of ether oxygens (including phenoxy) is 2. The number of hydrogen-bond donors (Lipinski definition) is 3. The fraction of sp³-hybridized carbons (Fsp3) is 0.875. The van der Waals surface area contributed by atoms with E-state index in [1.54, 1.807) is 11.9 Å². The van der Waals surface area contributed by atoms with Gasteiger partial charge in [0.25, 0.3) is 0 Å². The van der Waals surface area contributed by atoms with E-state index in [0.29, 0.717) is 58.4 Å². The molecule has 4 fully saturated rings. The molecule has 4 heterocycles. The van der Waals surface area contributed by atoms with E-state index in [-0.39, 0.29) is 24.3 Å². The van der Waals surface area contributed by atoms with Crippen molar-refractivity contribution >= 4 is 17.7 Å². The third kappa shape index (κ3) is 4.23. The first-order valence-corrected chi connectivity index (χ1v) is 12.8. The van der Waals surface area contributed by atoms with E-state index < -0.39 is 29.1 Å². The molecule has 10 nitrogen and oxygen atoms in total. The van der Waals surface area contributed by atoms with Gasteiger partial charge in [-0.05, 0) is 38.5 Å². The second-order valence-electron chi connectivity index (χ2n) is 10.0. The van der Waals surface area contributed by atoms with Gasteiger partial charge in [-0.15, -0.1) is 0 Å². The van der Waals surface area contributed by atoms with Crippen LogP contribution in [0.4, 0.5) is 0 Å². The van der Waals surface area contributed by atoms with Crippen molar-refractivity contribution in [3.8, 4) is 0 Å². The Morgan fingerprint density at radius 1 is 1.12 bits per heavy atom. The molecule has 1 spiro atoms. The summed E-state index contributed by atoms with van der Waals surface area (Å²) in [5, 5.41) is 14.9. The normalized spacial score (nSPS) is 35.0. The number of carbonyl (C=O) groups is 3. The lowest BCUT2D eigenvalue weighted by atomic mass is 9.65. The molecular formula is C24H40N4O6. The molecule has 192 valence electrons. The maximum Gasteiger partial charge on any atom is 0.245 e. The maximum absolute atomic E-state index is 13.8. The van der Waals surface area contributed by atoms with Crippen molar-refractivity contribution in [3.05, 3.63) is 0 Å². The predicted octanol–water partition coefficient (Wildman–Crippen LogP) is -0.502. The number of rotatable bonds is 11. The van der Waals surface area contributed by atoms with E-state index in [2.05, 4.69) is 15.5 Å². The van der Waals surface area contributed by atoms with Crippen LogP contribution in [0.1, 0.15) is 45.4 Å². The number of amides is 3. The minimum absolute atomic E-state index is 0.104. The van der Waals surface area contributed by atoms with Crippen LogP contribution < -0.4 is 10.6 Å². The summed E-state index contributed by atoms with van der Waals surface area (Å²) in [7, 11) is 1.59. The second-order valence-corrected chi connectivity index (χ2v) is 10.0. The van der Waals surface area contributed by atoms with E-state index in [0.717, 1.165) is 26.1 Å². The lowest BCUT2D eigenvalue weighted by Gasteiger charge is -2.34. The van der Waals surface area contributed by atoms with Crippen molar-refractivity contribution in [1.82, 2.24) is 20.4 Å². The van der Waals surface area contributed by atoms with Crippen LogP contribution in [0.2, 0.25) is 0 Å². The van der Waals surface area contributed by atoms with Gasteiger partial charge in [0.2, 0.25) is 17.7 Å². The first-order chi connectivity index (χ1) is 16.4. The summed E-state index contributed by atoms with van der Waals surface area (Å²) in [4.78, 5) is 44.3. The van der Waals surface area contributed by atoms with Crippen LogP contribution in [0.3, 0.4) is 0 Å². The quantitative estimate of drug-likeness (QED) is 0.341. The van der Waals surface area contributed by atoms with Gasteiger partial charge in [0.15, 0.2) is 0 Å². The molecule has 10 heteroatoms. The standard InChI is InChI=1S/C24H40N4O6/c1-3-23-7-8-24(34-23)18(17(23)20(30)25-2)22(32)28(10-5-4-6-14-29)19(24)21(31)26-9-11-27-12-15-33-16-13-27/h17-19,29H,3-16H2,1-2H3,(H,25,30)(H,26,31)/t17-,18-,19?,23+,24?/m0/s1. The summed E-state index contributed by atoms with van der Waals surface area (Å²) in [6, 6.07) is -0.744. The first-order valence-electron chi connectivity index (χ1n) is 12.8. The highest BCUT2D eigenvalue weighted by atomic mass is 16.5. The molecule has 4 aliphatic rings. The largest absolute Gasteiger partial charge is 0.396 e. The Labute approximate surface area is 201 Å². The van der Waals surface area contributed by atoms with Gasteiger partial charge in [0, 0.05) is 46.4 Å². The third-order valence-corrected chi connectivity index (χ3v) is 8.35. The zero-order chi connectivity index (χ0) is 24.3. The highest BCUT2D eigenvalue weighted by molar-refractivity contribution is 5.99. The van der Waals surface area contributed by atoms with E-state index in [9.17, 15) is 14.4 Å². The molecule has 0 radical (unpaired) electrons. The molecule has 0 saturated carbocycles. The molecule has 2 unspecified atom stereocenters. The summed E-state index contributed by atoms with van der Waals surface area (Å²) >= 11 is 0. The highest BCUT2D eigenvalue weighted by Crippen LogP contribution is 2.64. The number of morpholine rings is 1. The number of nitrogens with zero attached hydrogens (tertiary/aromatic N) is 2. The van der Waals surface area contributed by atoms with Crippen LogP contribution in [0.25, 0.3) is 0 Å². The topological polar surface area (TPSA) is 120 Å². The summed E-state index contributed by atoms with van der Waals surface area (Å²) in [5.41, 5.74) is -1.67. The van der Waals surface area contributed by atoms with Gasteiger partial charge < -0.3 is 30.1 Å². The maximum atomic E-state index is 13.8. The summed E-state index contributed by atoms with van der Waals surface area (Å²) in [6.45, 7) is 6.81. The number of likely N-dealkylation sites (tertiary alicyclic amines) is 1. The molecule has 4 saturated heterocycles. The molecule has 4 aliphatic heterocycles. The SMILES string of the molecule is CC[C@]12CCC3(O1)C(C(=O)NCCN1CCOCC1)N(CCCCCO)C(=O)[C@@H]3[C@H]2C(=O)NC. The first kappa shape index (κ1) is 25.3. The molecule has 5 atom stereocenters. The number of aliphatic hydroxyl groups excluding tert-OH is 1. The van der Waals surface area contributed by atoms with Gasteiger partial charge in [-0.3, -0.25) is 19.3 Å². The van der Waals surface area contributed by atoms with E-state index in [1.165, 1.54) is 0 Å². The molecule has 2 bridgehead atoms. The summed E-state index contributed by atoms with van der Waals surface area (Å²) < 4.78 is 12.1. The minimum Gasteiger partial charge on any atom is -0.396 e.